The lowest BCUT2D eigenvalue weighted by Gasteiger charge is -2.29. The normalized spacial score (nSPS) is 20.9. The van der Waals surface area contributed by atoms with E-state index in [1.165, 1.54) is 25.7 Å². The van der Waals surface area contributed by atoms with E-state index in [-0.39, 0.29) is 7.43 Å². The van der Waals surface area contributed by atoms with Crippen molar-refractivity contribution < 1.29 is 9.47 Å². The number of anilines is 1. The van der Waals surface area contributed by atoms with Crippen molar-refractivity contribution in [3.63, 3.8) is 0 Å². The molecule has 2 N–H and O–H groups in total. The first-order chi connectivity index (χ1) is 16.6. The molecule has 1 aliphatic heterocycles. The molecule has 0 amide bonds. The molecule has 1 saturated carbocycles. The van der Waals surface area contributed by atoms with Gasteiger partial charge in [0.25, 0.3) is 0 Å². The van der Waals surface area contributed by atoms with Crippen molar-refractivity contribution in [1.82, 2.24) is 15.3 Å². The SMILES string of the molecule is C.COCCNC1CCC(Cc2cc(-c3nc(NCC4CCOCC4)ccc3Br)c(Cl)cn2)CC1. The van der Waals surface area contributed by atoms with Crippen LogP contribution in [0.15, 0.2) is 28.9 Å². The van der Waals surface area contributed by atoms with Gasteiger partial charge in [-0.3, -0.25) is 4.98 Å². The first-order valence-electron chi connectivity index (χ1n) is 12.5. The van der Waals surface area contributed by atoms with Crippen LogP contribution in [-0.2, 0) is 15.9 Å². The smallest absolute Gasteiger partial charge is 0.126 e. The number of hydrogen-bond donors (Lipinski definition) is 2. The summed E-state index contributed by atoms with van der Waals surface area (Å²) in [4.78, 5) is 9.55. The fourth-order valence-electron chi connectivity index (χ4n) is 4.94. The minimum Gasteiger partial charge on any atom is -0.383 e. The third-order valence-electron chi connectivity index (χ3n) is 7.01. The standard InChI is InChI=1S/C26H36BrClN4O2.CH4/c1-33-13-10-29-20-4-2-18(3-5-20)14-21-15-22(24(28)17-30-21)26-23(27)6-7-25(32-26)31-16-19-8-11-34-12-9-19;/h6-7,15,17-20,29H,2-5,8-14,16H2,1H3,(H,31,32);1H4. The van der Waals surface area contributed by atoms with Crippen molar-refractivity contribution in [3.05, 3.63) is 39.6 Å². The average Bonchev–Trinajstić information content (AvgIpc) is 2.87. The van der Waals surface area contributed by atoms with Gasteiger partial charge in [-0.2, -0.15) is 0 Å². The van der Waals surface area contributed by atoms with Gasteiger partial charge in [-0.15, -0.1) is 0 Å². The van der Waals surface area contributed by atoms with Crippen LogP contribution in [0.4, 0.5) is 5.82 Å². The van der Waals surface area contributed by atoms with Crippen molar-refractivity contribution in [2.45, 2.75) is 58.4 Å². The minimum absolute atomic E-state index is 0. The van der Waals surface area contributed by atoms with Crippen molar-refractivity contribution >= 4 is 33.3 Å². The number of rotatable bonds is 10. The average molecular weight is 568 g/mol. The third kappa shape index (κ3) is 8.39. The van der Waals surface area contributed by atoms with Crippen molar-refractivity contribution in [2.24, 2.45) is 11.8 Å². The predicted octanol–water partition coefficient (Wildman–Crippen LogP) is 6.37. The largest absolute Gasteiger partial charge is 0.383 e. The lowest BCUT2D eigenvalue weighted by Crippen LogP contribution is -2.35. The Bertz CT molecular complexity index is 918. The van der Waals surface area contributed by atoms with Crippen molar-refractivity contribution in [1.29, 1.82) is 0 Å². The van der Waals surface area contributed by atoms with E-state index in [0.29, 0.717) is 22.9 Å². The summed E-state index contributed by atoms with van der Waals surface area (Å²) in [6.07, 6.45) is 9.82. The van der Waals surface area contributed by atoms with Gasteiger partial charge in [0.15, 0.2) is 0 Å². The van der Waals surface area contributed by atoms with E-state index >= 15 is 0 Å². The second-order valence-corrected chi connectivity index (χ2v) is 10.7. The lowest BCUT2D eigenvalue weighted by atomic mass is 9.83. The second kappa shape index (κ2) is 14.5. The van der Waals surface area contributed by atoms with Gasteiger partial charge in [0, 0.05) is 61.4 Å². The fraction of sp³-hybridized carbons (Fsp3) is 0.630. The summed E-state index contributed by atoms with van der Waals surface area (Å²) in [5, 5.41) is 7.75. The molecule has 2 fully saturated rings. The molecule has 0 aromatic carbocycles. The van der Waals surface area contributed by atoms with E-state index in [4.69, 9.17) is 26.1 Å². The number of methoxy groups -OCH3 is 1. The van der Waals surface area contributed by atoms with Crippen molar-refractivity contribution in [2.75, 3.05) is 45.3 Å². The van der Waals surface area contributed by atoms with E-state index in [0.717, 1.165) is 79.4 Å². The van der Waals surface area contributed by atoms with Crippen LogP contribution >= 0.6 is 27.5 Å². The zero-order chi connectivity index (χ0) is 23.8. The topological polar surface area (TPSA) is 68.3 Å². The molecule has 2 aromatic rings. The van der Waals surface area contributed by atoms with Gasteiger partial charge in [0.05, 0.1) is 17.3 Å². The number of nitrogens with zero attached hydrogens (tertiary/aromatic N) is 2. The molecule has 6 nitrogen and oxygen atoms in total. The molecule has 0 unspecified atom stereocenters. The summed E-state index contributed by atoms with van der Waals surface area (Å²) in [5.74, 6) is 2.16. The Labute approximate surface area is 224 Å². The van der Waals surface area contributed by atoms with Crippen LogP contribution in [0, 0.1) is 11.8 Å². The Morgan fingerprint density at radius 3 is 2.63 bits per heavy atom. The van der Waals surface area contributed by atoms with Gasteiger partial charge >= 0.3 is 0 Å². The highest BCUT2D eigenvalue weighted by Gasteiger charge is 2.22. The summed E-state index contributed by atoms with van der Waals surface area (Å²) >= 11 is 10.3. The molecule has 35 heavy (non-hydrogen) atoms. The predicted molar refractivity (Wildman–Crippen MR) is 148 cm³/mol. The first kappa shape index (κ1) is 28.3. The molecule has 2 aliphatic rings. The maximum atomic E-state index is 6.60. The van der Waals surface area contributed by atoms with Crippen LogP contribution in [0.25, 0.3) is 11.3 Å². The number of halogens is 2. The molecule has 8 heteroatoms. The van der Waals surface area contributed by atoms with Gasteiger partial charge in [0.1, 0.15) is 5.82 Å². The third-order valence-corrected chi connectivity index (χ3v) is 7.95. The Hall–Kier alpha value is -1.25. The van der Waals surface area contributed by atoms with Gasteiger partial charge in [0.2, 0.25) is 0 Å². The molecule has 1 aliphatic carbocycles. The van der Waals surface area contributed by atoms with E-state index < -0.39 is 0 Å². The molecule has 194 valence electrons. The number of hydrogen-bond acceptors (Lipinski definition) is 6. The molecule has 0 radical (unpaired) electrons. The Kier molecular flexibility index (Phi) is 11.7. The Balaban J connectivity index is 0.00000342. The zero-order valence-electron chi connectivity index (χ0n) is 20.0. The van der Waals surface area contributed by atoms with Crippen LogP contribution in [0.1, 0.15) is 51.6 Å². The van der Waals surface area contributed by atoms with Gasteiger partial charge in [-0.1, -0.05) is 19.0 Å². The molecule has 0 spiro atoms. The van der Waals surface area contributed by atoms with Crippen molar-refractivity contribution in [3.8, 4) is 11.3 Å². The summed E-state index contributed by atoms with van der Waals surface area (Å²) < 4.78 is 11.6. The highest BCUT2D eigenvalue weighted by molar-refractivity contribution is 9.10. The second-order valence-electron chi connectivity index (χ2n) is 9.49. The monoisotopic (exact) mass is 566 g/mol. The van der Waals surface area contributed by atoms with Crippen LogP contribution in [0.2, 0.25) is 5.02 Å². The van der Waals surface area contributed by atoms with Gasteiger partial charge in [-0.25, -0.2) is 4.98 Å². The highest BCUT2D eigenvalue weighted by Crippen LogP contribution is 2.34. The quantitative estimate of drug-likeness (QED) is 0.325. The lowest BCUT2D eigenvalue weighted by molar-refractivity contribution is 0.0699. The zero-order valence-corrected chi connectivity index (χ0v) is 22.3. The van der Waals surface area contributed by atoms with Crippen LogP contribution in [-0.4, -0.2) is 56.0 Å². The molecule has 0 atom stereocenters. The fourth-order valence-corrected chi connectivity index (χ4v) is 5.56. The first-order valence-corrected chi connectivity index (χ1v) is 13.6. The van der Waals surface area contributed by atoms with E-state index in [1.54, 1.807) is 13.3 Å². The number of nitrogens with one attached hydrogen (secondary N) is 2. The number of pyridine rings is 2. The van der Waals surface area contributed by atoms with Crippen LogP contribution in [0.5, 0.6) is 0 Å². The molecule has 2 aromatic heterocycles. The number of aromatic nitrogens is 2. The molecular formula is C27H40BrClN4O2. The Morgan fingerprint density at radius 2 is 1.89 bits per heavy atom. The molecule has 1 saturated heterocycles. The molecule has 4 rings (SSSR count). The van der Waals surface area contributed by atoms with Crippen LogP contribution < -0.4 is 10.6 Å². The maximum absolute atomic E-state index is 6.60. The summed E-state index contributed by atoms with van der Waals surface area (Å²) in [5.41, 5.74) is 2.88. The van der Waals surface area contributed by atoms with E-state index in [1.807, 2.05) is 12.1 Å². The van der Waals surface area contributed by atoms with Gasteiger partial charge < -0.3 is 20.1 Å². The van der Waals surface area contributed by atoms with Crippen LogP contribution in [0.3, 0.4) is 0 Å². The molecular weight excluding hydrogens is 528 g/mol. The van der Waals surface area contributed by atoms with Gasteiger partial charge in [-0.05, 0) is 90.9 Å². The summed E-state index contributed by atoms with van der Waals surface area (Å²) in [7, 11) is 1.75. The molecule has 0 bridgehead atoms. The Morgan fingerprint density at radius 1 is 1.11 bits per heavy atom. The summed E-state index contributed by atoms with van der Waals surface area (Å²) in [6, 6.07) is 6.79. The van der Waals surface area contributed by atoms with E-state index in [2.05, 4.69) is 37.6 Å². The summed E-state index contributed by atoms with van der Waals surface area (Å²) in [6.45, 7) is 4.32. The number of ether oxygens (including phenoxy) is 2. The molecule has 3 heterocycles. The van der Waals surface area contributed by atoms with E-state index in [9.17, 15) is 0 Å². The highest BCUT2D eigenvalue weighted by atomic mass is 79.9. The minimum atomic E-state index is 0. The maximum Gasteiger partial charge on any atom is 0.126 e.